The van der Waals surface area contributed by atoms with Gasteiger partial charge in [0, 0.05) is 32.5 Å². The van der Waals surface area contributed by atoms with Crippen molar-refractivity contribution in [1.82, 2.24) is 14.9 Å². The summed E-state index contributed by atoms with van der Waals surface area (Å²) in [5.74, 6) is 1.36. The van der Waals surface area contributed by atoms with Crippen molar-refractivity contribution in [2.24, 2.45) is 0 Å². The average Bonchev–Trinajstić information content (AvgIpc) is 3.22. The van der Waals surface area contributed by atoms with Crippen LogP contribution in [0.2, 0.25) is 0 Å². The highest BCUT2D eigenvalue weighted by molar-refractivity contribution is 7.12. The molecular weight excluding hydrogens is 312 g/mol. The van der Waals surface area contributed by atoms with Crippen LogP contribution in [-0.4, -0.2) is 54.1 Å². The molecule has 3 rings (SSSR count). The standard InChI is InChI=1S/C16H20N4O2S/c1-11-5-9-23-13(11)16(21)19(2)12-4-8-20(10-12)14-15(22-3)18-7-6-17-14/h5-7,9,12H,4,8,10H2,1-3H3/t12-/m1/s1. The molecule has 0 N–H and O–H groups in total. The zero-order valence-electron chi connectivity index (χ0n) is 13.5. The molecule has 1 fully saturated rings. The molecule has 1 amide bonds. The van der Waals surface area contributed by atoms with E-state index in [9.17, 15) is 4.79 Å². The minimum absolute atomic E-state index is 0.0930. The molecule has 1 aliphatic rings. The lowest BCUT2D eigenvalue weighted by Crippen LogP contribution is -2.39. The minimum atomic E-state index is 0.0930. The summed E-state index contributed by atoms with van der Waals surface area (Å²) in [4.78, 5) is 26.0. The average molecular weight is 332 g/mol. The summed E-state index contributed by atoms with van der Waals surface area (Å²) in [6.45, 7) is 3.55. The Morgan fingerprint density at radius 1 is 1.43 bits per heavy atom. The SMILES string of the molecule is COc1nccnc1N1CC[C@@H](N(C)C(=O)c2sccc2C)C1. The normalized spacial score (nSPS) is 17.3. The molecule has 0 aromatic carbocycles. The largest absolute Gasteiger partial charge is 0.478 e. The first-order chi connectivity index (χ1) is 11.1. The fourth-order valence-corrected chi connectivity index (χ4v) is 3.75. The van der Waals surface area contributed by atoms with E-state index in [1.165, 1.54) is 11.3 Å². The Morgan fingerprint density at radius 2 is 2.22 bits per heavy atom. The number of aryl methyl sites for hydroxylation is 1. The fraction of sp³-hybridized carbons (Fsp3) is 0.438. The van der Waals surface area contributed by atoms with Crippen molar-refractivity contribution in [3.63, 3.8) is 0 Å². The fourth-order valence-electron chi connectivity index (χ4n) is 2.85. The number of likely N-dealkylation sites (N-methyl/N-ethyl adjacent to an activating group) is 1. The molecule has 1 atom stereocenters. The molecule has 2 aromatic heterocycles. The molecule has 3 heterocycles. The summed E-state index contributed by atoms with van der Waals surface area (Å²) in [7, 11) is 3.47. The quantitative estimate of drug-likeness (QED) is 0.859. The number of thiophene rings is 1. The van der Waals surface area contributed by atoms with E-state index < -0.39 is 0 Å². The Labute approximate surface area is 139 Å². The molecule has 0 saturated carbocycles. The molecule has 122 valence electrons. The minimum Gasteiger partial charge on any atom is -0.478 e. The molecule has 23 heavy (non-hydrogen) atoms. The topological polar surface area (TPSA) is 58.6 Å². The summed E-state index contributed by atoms with van der Waals surface area (Å²) < 4.78 is 5.28. The van der Waals surface area contributed by atoms with E-state index in [4.69, 9.17) is 4.74 Å². The number of anilines is 1. The van der Waals surface area contributed by atoms with Crippen LogP contribution < -0.4 is 9.64 Å². The van der Waals surface area contributed by atoms with E-state index in [0.29, 0.717) is 5.88 Å². The highest BCUT2D eigenvalue weighted by Gasteiger charge is 2.31. The Balaban J connectivity index is 1.72. The number of hydrogen-bond donors (Lipinski definition) is 0. The molecule has 2 aromatic rings. The summed E-state index contributed by atoms with van der Waals surface area (Å²) in [5, 5.41) is 1.96. The van der Waals surface area contributed by atoms with Gasteiger partial charge in [-0.3, -0.25) is 4.79 Å². The highest BCUT2D eigenvalue weighted by atomic mass is 32.1. The summed E-state index contributed by atoms with van der Waals surface area (Å²) >= 11 is 1.50. The molecule has 0 aliphatic carbocycles. The molecule has 0 radical (unpaired) electrons. The van der Waals surface area contributed by atoms with Gasteiger partial charge in [0.2, 0.25) is 0 Å². The van der Waals surface area contributed by atoms with Crippen LogP contribution in [-0.2, 0) is 0 Å². The van der Waals surface area contributed by atoms with Crippen LogP contribution in [0, 0.1) is 6.92 Å². The van der Waals surface area contributed by atoms with Gasteiger partial charge in [0.05, 0.1) is 18.0 Å². The Bertz CT molecular complexity index is 703. The molecule has 7 heteroatoms. The molecular formula is C16H20N4O2S. The van der Waals surface area contributed by atoms with Gasteiger partial charge in [-0.05, 0) is 30.4 Å². The van der Waals surface area contributed by atoms with Gasteiger partial charge < -0.3 is 14.5 Å². The maximum absolute atomic E-state index is 12.6. The second kappa shape index (κ2) is 6.54. The predicted octanol–water partition coefficient (Wildman–Crippen LogP) is 2.21. The van der Waals surface area contributed by atoms with E-state index in [1.54, 1.807) is 19.5 Å². The molecule has 1 saturated heterocycles. The van der Waals surface area contributed by atoms with Crippen molar-refractivity contribution in [2.75, 3.05) is 32.1 Å². The van der Waals surface area contributed by atoms with Crippen molar-refractivity contribution in [3.8, 4) is 5.88 Å². The lowest BCUT2D eigenvalue weighted by molar-refractivity contribution is 0.0749. The van der Waals surface area contributed by atoms with Gasteiger partial charge in [-0.15, -0.1) is 11.3 Å². The van der Waals surface area contributed by atoms with Crippen LogP contribution in [0.25, 0.3) is 0 Å². The molecule has 6 nitrogen and oxygen atoms in total. The van der Waals surface area contributed by atoms with E-state index in [2.05, 4.69) is 14.9 Å². The van der Waals surface area contributed by atoms with Gasteiger partial charge in [-0.25, -0.2) is 9.97 Å². The first-order valence-corrected chi connectivity index (χ1v) is 8.41. The summed E-state index contributed by atoms with van der Waals surface area (Å²) in [6.07, 6.45) is 4.19. The van der Waals surface area contributed by atoms with Gasteiger partial charge >= 0.3 is 0 Å². The van der Waals surface area contributed by atoms with Crippen LogP contribution in [0.15, 0.2) is 23.8 Å². The number of carbonyl (C=O) groups excluding carboxylic acids is 1. The lowest BCUT2D eigenvalue weighted by atomic mass is 10.2. The van der Waals surface area contributed by atoms with Crippen LogP contribution in [0.1, 0.15) is 21.7 Å². The van der Waals surface area contributed by atoms with E-state index in [1.807, 2.05) is 30.3 Å². The molecule has 0 spiro atoms. The predicted molar refractivity (Wildman–Crippen MR) is 90.4 cm³/mol. The van der Waals surface area contributed by atoms with E-state index in [0.717, 1.165) is 35.8 Å². The first-order valence-electron chi connectivity index (χ1n) is 7.53. The number of hydrogen-bond acceptors (Lipinski definition) is 6. The molecule has 0 unspecified atom stereocenters. The number of nitrogens with zero attached hydrogens (tertiary/aromatic N) is 4. The number of aromatic nitrogens is 2. The smallest absolute Gasteiger partial charge is 0.264 e. The Kier molecular flexibility index (Phi) is 4.47. The van der Waals surface area contributed by atoms with Crippen molar-refractivity contribution in [1.29, 1.82) is 0 Å². The number of ether oxygens (including phenoxy) is 1. The Morgan fingerprint density at radius 3 is 2.91 bits per heavy atom. The van der Waals surface area contributed by atoms with Crippen molar-refractivity contribution in [2.45, 2.75) is 19.4 Å². The number of amides is 1. The monoisotopic (exact) mass is 332 g/mol. The zero-order valence-corrected chi connectivity index (χ0v) is 14.3. The van der Waals surface area contributed by atoms with Crippen LogP contribution in [0.4, 0.5) is 5.82 Å². The van der Waals surface area contributed by atoms with Gasteiger partial charge in [0.15, 0.2) is 5.82 Å². The molecule has 0 bridgehead atoms. The third-order valence-corrected chi connectivity index (χ3v) is 5.23. The molecule has 1 aliphatic heterocycles. The van der Waals surface area contributed by atoms with Gasteiger partial charge in [-0.2, -0.15) is 0 Å². The van der Waals surface area contributed by atoms with E-state index >= 15 is 0 Å². The maximum atomic E-state index is 12.6. The van der Waals surface area contributed by atoms with E-state index in [-0.39, 0.29) is 11.9 Å². The van der Waals surface area contributed by atoms with Crippen LogP contribution >= 0.6 is 11.3 Å². The van der Waals surface area contributed by atoms with Gasteiger partial charge in [0.25, 0.3) is 11.8 Å². The van der Waals surface area contributed by atoms with Crippen molar-refractivity contribution in [3.05, 3.63) is 34.3 Å². The second-order valence-electron chi connectivity index (χ2n) is 5.63. The first kappa shape index (κ1) is 15.7. The number of carbonyl (C=O) groups is 1. The number of methoxy groups -OCH3 is 1. The third kappa shape index (κ3) is 3.01. The number of rotatable bonds is 4. The Hall–Kier alpha value is -2.15. The summed E-state index contributed by atoms with van der Waals surface area (Å²) in [5.41, 5.74) is 1.04. The van der Waals surface area contributed by atoms with Gasteiger partial charge in [0.1, 0.15) is 0 Å². The van der Waals surface area contributed by atoms with Crippen molar-refractivity contribution < 1.29 is 9.53 Å². The van der Waals surface area contributed by atoms with Crippen LogP contribution in [0.5, 0.6) is 5.88 Å². The van der Waals surface area contributed by atoms with Crippen LogP contribution in [0.3, 0.4) is 0 Å². The lowest BCUT2D eigenvalue weighted by Gasteiger charge is -2.25. The summed E-state index contributed by atoms with van der Waals surface area (Å²) in [6, 6.07) is 2.15. The van der Waals surface area contributed by atoms with Crippen molar-refractivity contribution >= 4 is 23.1 Å². The second-order valence-corrected chi connectivity index (χ2v) is 6.54. The third-order valence-electron chi connectivity index (χ3n) is 4.23. The highest BCUT2D eigenvalue weighted by Crippen LogP contribution is 2.28. The maximum Gasteiger partial charge on any atom is 0.264 e. The van der Waals surface area contributed by atoms with Gasteiger partial charge in [-0.1, -0.05) is 0 Å². The zero-order chi connectivity index (χ0) is 16.4.